The highest BCUT2D eigenvalue weighted by atomic mass is 79.9. The number of aromatic nitrogens is 4. The first kappa shape index (κ1) is 14.3. The van der Waals surface area contributed by atoms with Crippen molar-refractivity contribution in [2.45, 2.75) is 6.54 Å². The second-order valence-electron chi connectivity index (χ2n) is 4.92. The first-order valence-corrected chi connectivity index (χ1v) is 8.44. The van der Waals surface area contributed by atoms with Crippen molar-refractivity contribution in [3.8, 4) is 0 Å². The van der Waals surface area contributed by atoms with Gasteiger partial charge in [0.2, 0.25) is 5.91 Å². The van der Waals surface area contributed by atoms with E-state index in [1.165, 1.54) is 11.3 Å². The van der Waals surface area contributed by atoms with Gasteiger partial charge in [-0.25, -0.2) is 9.67 Å². The molecule has 8 heteroatoms. The molecule has 0 saturated carbocycles. The van der Waals surface area contributed by atoms with E-state index in [1.807, 2.05) is 42.5 Å². The molecular formula is C15H10BrN5OS. The number of rotatable bonds is 3. The third-order valence-electron chi connectivity index (χ3n) is 3.31. The topological polar surface area (TPSA) is 72.7 Å². The number of nitrogens with zero attached hydrogens (tertiary/aromatic N) is 4. The second-order valence-corrected chi connectivity index (χ2v) is 6.86. The molecule has 6 nitrogen and oxygen atoms in total. The van der Waals surface area contributed by atoms with Crippen LogP contribution in [0.1, 0.15) is 0 Å². The van der Waals surface area contributed by atoms with Crippen molar-refractivity contribution in [1.29, 1.82) is 0 Å². The van der Waals surface area contributed by atoms with Crippen LogP contribution in [0.2, 0.25) is 0 Å². The van der Waals surface area contributed by atoms with E-state index in [9.17, 15) is 4.79 Å². The summed E-state index contributed by atoms with van der Waals surface area (Å²) in [4.78, 5) is 16.6. The van der Waals surface area contributed by atoms with Crippen LogP contribution in [0, 0.1) is 0 Å². The number of nitrogens with one attached hydrogen (secondary N) is 1. The number of para-hydroxylation sites is 1. The molecule has 0 atom stereocenters. The van der Waals surface area contributed by atoms with Crippen molar-refractivity contribution in [3.63, 3.8) is 0 Å². The average molecular weight is 388 g/mol. The molecule has 0 spiro atoms. The number of benzene rings is 2. The molecule has 114 valence electrons. The molecule has 2 aromatic carbocycles. The monoisotopic (exact) mass is 387 g/mol. The van der Waals surface area contributed by atoms with Crippen molar-refractivity contribution < 1.29 is 4.79 Å². The maximum atomic E-state index is 12.2. The van der Waals surface area contributed by atoms with E-state index in [0.717, 1.165) is 25.7 Å². The molecule has 23 heavy (non-hydrogen) atoms. The molecule has 1 N–H and O–H groups in total. The normalized spacial score (nSPS) is 11.2. The zero-order valence-electron chi connectivity index (χ0n) is 11.7. The van der Waals surface area contributed by atoms with Crippen molar-refractivity contribution in [3.05, 3.63) is 46.9 Å². The van der Waals surface area contributed by atoms with Crippen LogP contribution in [0.15, 0.2) is 46.9 Å². The number of halogens is 1. The summed E-state index contributed by atoms with van der Waals surface area (Å²) < 4.78 is 3.58. The molecule has 0 bridgehead atoms. The van der Waals surface area contributed by atoms with Gasteiger partial charge in [-0.2, -0.15) is 0 Å². The Morgan fingerprint density at radius 2 is 2.09 bits per heavy atom. The van der Waals surface area contributed by atoms with Gasteiger partial charge in [0.15, 0.2) is 5.13 Å². The highest BCUT2D eigenvalue weighted by Crippen LogP contribution is 2.28. The quantitative estimate of drug-likeness (QED) is 0.584. The van der Waals surface area contributed by atoms with Crippen LogP contribution in [-0.2, 0) is 11.3 Å². The molecular weight excluding hydrogens is 378 g/mol. The number of hydrogen-bond acceptors (Lipinski definition) is 5. The zero-order chi connectivity index (χ0) is 15.8. The first-order valence-electron chi connectivity index (χ1n) is 6.83. The van der Waals surface area contributed by atoms with Crippen LogP contribution in [0.4, 0.5) is 5.13 Å². The lowest BCUT2D eigenvalue weighted by Crippen LogP contribution is -2.19. The predicted octanol–water partition coefficient (Wildman–Crippen LogP) is 3.44. The molecule has 4 rings (SSSR count). The SMILES string of the molecule is O=C(Cn1nnc2ccccc21)Nc1nc2ccc(Br)cc2s1. The maximum absolute atomic E-state index is 12.2. The van der Waals surface area contributed by atoms with E-state index in [0.29, 0.717) is 5.13 Å². The summed E-state index contributed by atoms with van der Waals surface area (Å²) in [6.45, 7) is 0.0974. The summed E-state index contributed by atoms with van der Waals surface area (Å²) in [5.74, 6) is -0.182. The fourth-order valence-corrected chi connectivity index (χ4v) is 3.71. The number of thiazole rings is 1. The summed E-state index contributed by atoms with van der Waals surface area (Å²) in [6.07, 6.45) is 0. The summed E-state index contributed by atoms with van der Waals surface area (Å²) in [6, 6.07) is 13.4. The van der Waals surface area contributed by atoms with E-state index in [2.05, 4.69) is 36.5 Å². The number of carbonyl (C=O) groups excluding carboxylic acids is 1. The van der Waals surface area contributed by atoms with Gasteiger partial charge in [0, 0.05) is 4.47 Å². The molecule has 0 aliphatic carbocycles. The van der Waals surface area contributed by atoms with Gasteiger partial charge in [0.05, 0.1) is 15.7 Å². The third kappa shape index (κ3) is 2.82. The van der Waals surface area contributed by atoms with Crippen LogP contribution in [-0.4, -0.2) is 25.9 Å². The minimum atomic E-state index is -0.182. The number of carbonyl (C=O) groups is 1. The van der Waals surface area contributed by atoms with Crippen LogP contribution in [0.25, 0.3) is 21.3 Å². The molecule has 0 unspecified atom stereocenters. The summed E-state index contributed by atoms with van der Waals surface area (Å²) >= 11 is 4.87. The predicted molar refractivity (Wildman–Crippen MR) is 93.5 cm³/mol. The van der Waals surface area contributed by atoms with Crippen molar-refractivity contribution in [2.75, 3.05) is 5.32 Å². The molecule has 0 fully saturated rings. The smallest absolute Gasteiger partial charge is 0.247 e. The standard InChI is InChI=1S/C15H10BrN5OS/c16-9-5-6-11-13(7-9)23-15(17-11)18-14(22)8-21-12-4-2-1-3-10(12)19-20-21/h1-7H,8H2,(H,17,18,22). The fraction of sp³-hybridized carbons (Fsp3) is 0.0667. The minimum absolute atomic E-state index is 0.0974. The van der Waals surface area contributed by atoms with Gasteiger partial charge in [0.25, 0.3) is 0 Å². The Morgan fingerprint density at radius 1 is 1.22 bits per heavy atom. The summed E-state index contributed by atoms with van der Waals surface area (Å²) in [7, 11) is 0. The summed E-state index contributed by atoms with van der Waals surface area (Å²) in [5, 5.41) is 11.4. The van der Waals surface area contributed by atoms with Crippen molar-refractivity contribution in [1.82, 2.24) is 20.0 Å². The highest BCUT2D eigenvalue weighted by molar-refractivity contribution is 9.10. The Kier molecular flexibility index (Phi) is 3.55. The van der Waals surface area contributed by atoms with Gasteiger partial charge in [-0.15, -0.1) is 5.10 Å². The number of amides is 1. The van der Waals surface area contributed by atoms with Gasteiger partial charge >= 0.3 is 0 Å². The van der Waals surface area contributed by atoms with Gasteiger partial charge in [-0.3, -0.25) is 4.79 Å². The first-order chi connectivity index (χ1) is 11.2. The number of fused-ring (bicyclic) bond motifs is 2. The molecule has 0 aliphatic heterocycles. The van der Waals surface area contributed by atoms with Crippen molar-refractivity contribution in [2.24, 2.45) is 0 Å². The number of anilines is 1. The van der Waals surface area contributed by atoms with Gasteiger partial charge in [-0.05, 0) is 30.3 Å². The molecule has 0 aliphatic rings. The molecule has 0 saturated heterocycles. The Hall–Kier alpha value is -2.32. The lowest BCUT2D eigenvalue weighted by Gasteiger charge is -2.02. The van der Waals surface area contributed by atoms with E-state index in [-0.39, 0.29) is 12.5 Å². The zero-order valence-corrected chi connectivity index (χ0v) is 14.1. The van der Waals surface area contributed by atoms with E-state index < -0.39 is 0 Å². The Labute approximate surface area is 143 Å². The summed E-state index contributed by atoms with van der Waals surface area (Å²) in [5.41, 5.74) is 2.46. The van der Waals surface area contributed by atoms with Gasteiger partial charge in [0.1, 0.15) is 12.1 Å². The largest absolute Gasteiger partial charge is 0.300 e. The molecule has 1 amide bonds. The molecule has 2 heterocycles. The average Bonchev–Trinajstić information content (AvgIpc) is 3.11. The second kappa shape index (κ2) is 5.71. The van der Waals surface area contributed by atoms with Gasteiger partial charge < -0.3 is 5.32 Å². The van der Waals surface area contributed by atoms with Gasteiger partial charge in [-0.1, -0.05) is 44.6 Å². The Bertz CT molecular complexity index is 1020. The molecule has 0 radical (unpaired) electrons. The van der Waals surface area contributed by atoms with E-state index in [1.54, 1.807) is 4.68 Å². The molecule has 2 aromatic heterocycles. The highest BCUT2D eigenvalue weighted by Gasteiger charge is 2.11. The van der Waals surface area contributed by atoms with Crippen LogP contribution < -0.4 is 5.32 Å². The van der Waals surface area contributed by atoms with Crippen molar-refractivity contribution >= 4 is 59.6 Å². The fourth-order valence-electron chi connectivity index (χ4n) is 2.28. The number of hydrogen-bond donors (Lipinski definition) is 1. The van der Waals surface area contributed by atoms with Crippen LogP contribution in [0.5, 0.6) is 0 Å². The van der Waals surface area contributed by atoms with E-state index in [4.69, 9.17) is 0 Å². The van der Waals surface area contributed by atoms with E-state index >= 15 is 0 Å². The lowest BCUT2D eigenvalue weighted by molar-refractivity contribution is -0.116. The Balaban J connectivity index is 1.54. The lowest BCUT2D eigenvalue weighted by atomic mass is 10.3. The Morgan fingerprint density at radius 3 is 3.00 bits per heavy atom. The van der Waals surface area contributed by atoms with Crippen LogP contribution >= 0.6 is 27.3 Å². The third-order valence-corrected chi connectivity index (χ3v) is 4.74. The minimum Gasteiger partial charge on any atom is -0.300 e. The van der Waals surface area contributed by atoms with Crippen LogP contribution in [0.3, 0.4) is 0 Å². The molecule has 4 aromatic rings. The maximum Gasteiger partial charge on any atom is 0.247 e.